The average molecular weight is 341 g/mol. The van der Waals surface area contributed by atoms with E-state index in [2.05, 4.69) is 31.0 Å². The van der Waals surface area contributed by atoms with Crippen molar-refractivity contribution in [2.75, 3.05) is 13.6 Å². The molecule has 2 nitrogen and oxygen atoms in total. The van der Waals surface area contributed by atoms with Crippen LogP contribution in [0.2, 0.25) is 0 Å². The normalized spacial score (nSPS) is 22.7. The van der Waals surface area contributed by atoms with Gasteiger partial charge in [0.05, 0.1) is 6.10 Å². The van der Waals surface area contributed by atoms with E-state index in [-0.39, 0.29) is 18.0 Å². The standard InChI is InChI=1S/C22H28FNO/c1-3-7-20-16-21(14-15-24(20)2)25-22(17-8-5-4-6-9-17)18-10-12-19(23)13-11-18/h4-6,8-13,20-22H,3,7,14-16H2,1-2H3/t20-,21?,22?/m1/s1. The topological polar surface area (TPSA) is 12.5 Å². The van der Waals surface area contributed by atoms with Gasteiger partial charge in [-0.3, -0.25) is 0 Å². The van der Waals surface area contributed by atoms with E-state index < -0.39 is 0 Å². The third-order valence-electron chi connectivity index (χ3n) is 5.19. The fourth-order valence-corrected chi connectivity index (χ4v) is 3.73. The van der Waals surface area contributed by atoms with Gasteiger partial charge in [-0.15, -0.1) is 0 Å². The predicted octanol–water partition coefficient (Wildman–Crippen LogP) is 5.19. The van der Waals surface area contributed by atoms with Crippen LogP contribution in [-0.2, 0) is 4.74 Å². The first-order valence-corrected chi connectivity index (χ1v) is 9.33. The second-order valence-corrected chi connectivity index (χ2v) is 7.05. The number of nitrogens with zero attached hydrogens (tertiary/aromatic N) is 1. The Morgan fingerprint density at radius 3 is 2.44 bits per heavy atom. The predicted molar refractivity (Wildman–Crippen MR) is 100 cm³/mol. The minimum atomic E-state index is -0.210. The number of ether oxygens (including phenoxy) is 1. The Balaban J connectivity index is 1.79. The van der Waals surface area contributed by atoms with Crippen LogP contribution in [0.5, 0.6) is 0 Å². The number of piperidine rings is 1. The molecule has 0 aliphatic carbocycles. The van der Waals surface area contributed by atoms with Gasteiger partial charge in [-0.1, -0.05) is 55.8 Å². The lowest BCUT2D eigenvalue weighted by molar-refractivity contribution is -0.0408. The molecule has 1 saturated heterocycles. The van der Waals surface area contributed by atoms with Crippen molar-refractivity contribution in [1.82, 2.24) is 4.90 Å². The van der Waals surface area contributed by atoms with Gasteiger partial charge in [0.1, 0.15) is 11.9 Å². The second kappa shape index (κ2) is 8.59. The van der Waals surface area contributed by atoms with Crippen LogP contribution in [0.4, 0.5) is 4.39 Å². The molecule has 2 aromatic carbocycles. The van der Waals surface area contributed by atoms with Crippen molar-refractivity contribution < 1.29 is 9.13 Å². The van der Waals surface area contributed by atoms with E-state index in [1.807, 2.05) is 30.3 Å². The van der Waals surface area contributed by atoms with Crippen molar-refractivity contribution in [3.63, 3.8) is 0 Å². The summed E-state index contributed by atoms with van der Waals surface area (Å²) in [6.07, 6.45) is 4.61. The molecule has 0 bridgehead atoms. The molecule has 0 spiro atoms. The molecule has 1 fully saturated rings. The van der Waals surface area contributed by atoms with Crippen molar-refractivity contribution in [3.8, 4) is 0 Å². The Morgan fingerprint density at radius 2 is 1.76 bits per heavy atom. The molecule has 25 heavy (non-hydrogen) atoms. The zero-order valence-corrected chi connectivity index (χ0v) is 15.2. The highest BCUT2D eigenvalue weighted by Gasteiger charge is 2.28. The Labute approximate surface area is 150 Å². The molecule has 3 atom stereocenters. The lowest BCUT2D eigenvalue weighted by Gasteiger charge is -2.38. The molecular weight excluding hydrogens is 313 g/mol. The van der Waals surface area contributed by atoms with Crippen LogP contribution in [0.3, 0.4) is 0 Å². The van der Waals surface area contributed by atoms with E-state index in [1.165, 1.54) is 25.0 Å². The van der Waals surface area contributed by atoms with Crippen molar-refractivity contribution >= 4 is 0 Å². The largest absolute Gasteiger partial charge is 0.365 e. The molecule has 1 heterocycles. The molecular formula is C22H28FNO. The van der Waals surface area contributed by atoms with Crippen molar-refractivity contribution in [1.29, 1.82) is 0 Å². The smallest absolute Gasteiger partial charge is 0.123 e. The fraction of sp³-hybridized carbons (Fsp3) is 0.455. The maximum atomic E-state index is 13.3. The van der Waals surface area contributed by atoms with Crippen LogP contribution >= 0.6 is 0 Å². The number of halogens is 1. The van der Waals surface area contributed by atoms with Crippen LogP contribution in [0.25, 0.3) is 0 Å². The highest BCUT2D eigenvalue weighted by Crippen LogP contribution is 2.32. The summed E-state index contributed by atoms with van der Waals surface area (Å²) in [7, 11) is 2.21. The quantitative estimate of drug-likeness (QED) is 0.716. The van der Waals surface area contributed by atoms with Gasteiger partial charge < -0.3 is 9.64 Å². The highest BCUT2D eigenvalue weighted by molar-refractivity contribution is 5.30. The zero-order valence-electron chi connectivity index (χ0n) is 15.2. The third-order valence-corrected chi connectivity index (χ3v) is 5.19. The minimum absolute atomic E-state index is 0.141. The number of rotatable bonds is 6. The van der Waals surface area contributed by atoms with E-state index in [1.54, 1.807) is 0 Å². The first-order chi connectivity index (χ1) is 12.2. The summed E-state index contributed by atoms with van der Waals surface area (Å²) in [6, 6.07) is 17.6. The maximum absolute atomic E-state index is 13.3. The highest BCUT2D eigenvalue weighted by atomic mass is 19.1. The molecule has 0 amide bonds. The van der Waals surface area contributed by atoms with Crippen LogP contribution < -0.4 is 0 Å². The lowest BCUT2D eigenvalue weighted by atomic mass is 9.95. The van der Waals surface area contributed by atoms with Crippen LogP contribution in [-0.4, -0.2) is 30.6 Å². The lowest BCUT2D eigenvalue weighted by Crippen LogP contribution is -2.42. The summed E-state index contributed by atoms with van der Waals surface area (Å²) in [4.78, 5) is 2.46. The number of hydrogen-bond donors (Lipinski definition) is 0. The fourth-order valence-electron chi connectivity index (χ4n) is 3.73. The Hall–Kier alpha value is -1.71. The van der Waals surface area contributed by atoms with E-state index >= 15 is 0 Å². The first kappa shape index (κ1) is 18.1. The summed E-state index contributed by atoms with van der Waals surface area (Å²) in [5.41, 5.74) is 2.14. The van der Waals surface area contributed by atoms with Gasteiger partial charge >= 0.3 is 0 Å². The van der Waals surface area contributed by atoms with Crippen molar-refractivity contribution in [2.45, 2.75) is 50.9 Å². The molecule has 0 radical (unpaired) electrons. The first-order valence-electron chi connectivity index (χ1n) is 9.33. The summed E-state index contributed by atoms with van der Waals surface area (Å²) < 4.78 is 19.9. The van der Waals surface area contributed by atoms with E-state index in [0.717, 1.165) is 30.5 Å². The summed E-state index contributed by atoms with van der Waals surface area (Å²) in [6.45, 7) is 3.31. The van der Waals surface area contributed by atoms with Gasteiger partial charge in [0.2, 0.25) is 0 Å². The Kier molecular flexibility index (Phi) is 6.22. The average Bonchev–Trinajstić information content (AvgIpc) is 2.64. The van der Waals surface area contributed by atoms with Gasteiger partial charge in [-0.05, 0) is 49.6 Å². The molecule has 2 unspecified atom stereocenters. The summed E-state index contributed by atoms with van der Waals surface area (Å²) >= 11 is 0. The molecule has 0 aromatic heterocycles. The monoisotopic (exact) mass is 341 g/mol. The second-order valence-electron chi connectivity index (χ2n) is 7.05. The number of benzene rings is 2. The Morgan fingerprint density at radius 1 is 1.08 bits per heavy atom. The number of hydrogen-bond acceptors (Lipinski definition) is 2. The van der Waals surface area contributed by atoms with Crippen LogP contribution in [0.1, 0.15) is 49.8 Å². The van der Waals surface area contributed by atoms with Gasteiger partial charge in [0, 0.05) is 12.6 Å². The maximum Gasteiger partial charge on any atom is 0.123 e. The molecule has 1 aliphatic rings. The summed E-state index contributed by atoms with van der Waals surface area (Å²) in [5, 5.41) is 0. The molecule has 0 N–H and O–H groups in total. The third kappa shape index (κ3) is 4.68. The van der Waals surface area contributed by atoms with Gasteiger partial charge in [-0.25, -0.2) is 4.39 Å². The molecule has 1 aliphatic heterocycles. The van der Waals surface area contributed by atoms with E-state index in [4.69, 9.17) is 4.74 Å². The van der Waals surface area contributed by atoms with Crippen molar-refractivity contribution in [3.05, 3.63) is 71.5 Å². The molecule has 2 aromatic rings. The molecule has 0 saturated carbocycles. The van der Waals surface area contributed by atoms with Gasteiger partial charge in [0.15, 0.2) is 0 Å². The molecule has 3 heteroatoms. The molecule has 3 rings (SSSR count). The van der Waals surface area contributed by atoms with E-state index in [9.17, 15) is 4.39 Å². The van der Waals surface area contributed by atoms with Gasteiger partial charge in [-0.2, -0.15) is 0 Å². The van der Waals surface area contributed by atoms with Crippen LogP contribution in [0.15, 0.2) is 54.6 Å². The molecule has 134 valence electrons. The summed E-state index contributed by atoms with van der Waals surface area (Å²) in [5.74, 6) is -0.210. The van der Waals surface area contributed by atoms with Crippen molar-refractivity contribution in [2.24, 2.45) is 0 Å². The number of likely N-dealkylation sites (tertiary alicyclic amines) is 1. The van der Waals surface area contributed by atoms with Gasteiger partial charge in [0.25, 0.3) is 0 Å². The SMILES string of the molecule is CCC[C@@H]1CC(OC(c2ccccc2)c2ccc(F)cc2)CCN1C. The zero-order chi connectivity index (χ0) is 17.6. The van der Waals surface area contributed by atoms with E-state index in [0.29, 0.717) is 6.04 Å². The Bertz CT molecular complexity index is 643. The van der Waals surface area contributed by atoms with Crippen LogP contribution in [0, 0.1) is 5.82 Å². The minimum Gasteiger partial charge on any atom is -0.365 e.